The molecule has 0 aliphatic carbocycles. The van der Waals surface area contributed by atoms with Crippen molar-refractivity contribution in [2.45, 2.75) is 39.2 Å². The summed E-state index contributed by atoms with van der Waals surface area (Å²) in [5, 5.41) is 9.33. The number of benzene rings is 2. The normalized spacial score (nSPS) is 16.9. The van der Waals surface area contributed by atoms with Crippen LogP contribution >= 0.6 is 11.6 Å². The number of hydrazine groups is 1. The van der Waals surface area contributed by atoms with Gasteiger partial charge in [-0.1, -0.05) is 37.1 Å². The number of hydrogen-bond acceptors (Lipinski definition) is 9. The molecule has 12 nitrogen and oxygen atoms in total. The van der Waals surface area contributed by atoms with E-state index in [0.717, 1.165) is 5.01 Å². The molecule has 3 aromatic rings. The van der Waals surface area contributed by atoms with Crippen LogP contribution in [0.15, 0.2) is 59.9 Å². The van der Waals surface area contributed by atoms with E-state index in [0.29, 0.717) is 47.5 Å². The molecule has 2 aromatic carbocycles. The second-order valence-electron chi connectivity index (χ2n) is 10.5. The lowest BCUT2D eigenvalue weighted by atomic mass is 9.95. The Morgan fingerprint density at radius 3 is 2.62 bits per heavy atom. The lowest BCUT2D eigenvalue weighted by Crippen LogP contribution is -2.38. The number of rotatable bonds is 6. The minimum absolute atomic E-state index is 0.0586. The number of aromatic nitrogens is 1. The summed E-state index contributed by atoms with van der Waals surface area (Å²) in [7, 11) is 2.72. The van der Waals surface area contributed by atoms with Crippen molar-refractivity contribution in [3.05, 3.63) is 76.5 Å². The molecule has 0 radical (unpaired) electrons. The second-order valence-corrected chi connectivity index (χ2v) is 10.9. The van der Waals surface area contributed by atoms with Gasteiger partial charge in [-0.3, -0.25) is 19.9 Å². The number of halogens is 2. The SMILES string of the molecule is COC(=O)Nc1ccc2c(c1)NC(=O)C(C)CCCC(NC(=O)/C(N)=C(\C)N(N)c1cccc(Cl)c1F)c1cc-2cc(OC)n1. The van der Waals surface area contributed by atoms with Crippen molar-refractivity contribution in [3.63, 3.8) is 0 Å². The van der Waals surface area contributed by atoms with Crippen molar-refractivity contribution in [1.29, 1.82) is 0 Å². The van der Waals surface area contributed by atoms with Gasteiger partial charge in [0.05, 0.1) is 48.0 Å². The number of ether oxygens (including phenoxy) is 2. The highest BCUT2D eigenvalue weighted by Gasteiger charge is 2.25. The summed E-state index contributed by atoms with van der Waals surface area (Å²) in [6.07, 6.45) is 0.802. The Labute approximate surface area is 264 Å². The van der Waals surface area contributed by atoms with E-state index in [2.05, 4.69) is 20.9 Å². The summed E-state index contributed by atoms with van der Waals surface area (Å²) in [4.78, 5) is 43.1. The van der Waals surface area contributed by atoms with Crippen LogP contribution in [0.5, 0.6) is 5.88 Å². The zero-order valence-corrected chi connectivity index (χ0v) is 26.0. The third-order valence-electron chi connectivity index (χ3n) is 7.48. The highest BCUT2D eigenvalue weighted by molar-refractivity contribution is 6.31. The smallest absolute Gasteiger partial charge is 0.411 e. The van der Waals surface area contributed by atoms with Crippen LogP contribution in [0.4, 0.5) is 26.2 Å². The molecule has 1 aromatic heterocycles. The summed E-state index contributed by atoms with van der Waals surface area (Å²) >= 11 is 5.90. The molecule has 2 bridgehead atoms. The second kappa shape index (κ2) is 14.3. The number of allylic oxidation sites excluding steroid dienone is 1. The van der Waals surface area contributed by atoms with Crippen LogP contribution in [0.25, 0.3) is 11.1 Å². The monoisotopic (exact) mass is 639 g/mol. The Balaban J connectivity index is 1.74. The topological polar surface area (TPSA) is 174 Å². The molecule has 1 aliphatic heterocycles. The number of carbonyl (C=O) groups excluding carboxylic acids is 3. The van der Waals surface area contributed by atoms with Gasteiger partial charge >= 0.3 is 6.09 Å². The average molecular weight is 640 g/mol. The van der Waals surface area contributed by atoms with Crippen LogP contribution in [-0.2, 0) is 14.3 Å². The Morgan fingerprint density at radius 1 is 1.16 bits per heavy atom. The Morgan fingerprint density at radius 2 is 1.91 bits per heavy atom. The number of carbonyl (C=O) groups is 3. The molecule has 7 N–H and O–H groups in total. The summed E-state index contributed by atoms with van der Waals surface area (Å²) in [5.74, 6) is 4.39. The molecule has 0 fully saturated rings. The minimum Gasteiger partial charge on any atom is -0.481 e. The molecule has 4 rings (SSSR count). The highest BCUT2D eigenvalue weighted by Crippen LogP contribution is 2.36. The van der Waals surface area contributed by atoms with Crippen molar-refractivity contribution in [2.24, 2.45) is 17.5 Å². The van der Waals surface area contributed by atoms with Gasteiger partial charge in [-0.2, -0.15) is 0 Å². The van der Waals surface area contributed by atoms with E-state index >= 15 is 0 Å². The van der Waals surface area contributed by atoms with E-state index in [1.54, 1.807) is 37.3 Å². The van der Waals surface area contributed by atoms with Crippen LogP contribution in [0, 0.1) is 11.7 Å². The summed E-state index contributed by atoms with van der Waals surface area (Å²) in [5.41, 5.74) is 8.62. The Hall–Kier alpha value is -4.88. The average Bonchev–Trinajstić information content (AvgIpc) is 3.03. The minimum atomic E-state index is -0.756. The number of hydrogen-bond donors (Lipinski definition) is 5. The van der Waals surface area contributed by atoms with Crippen LogP contribution in [0.2, 0.25) is 5.02 Å². The van der Waals surface area contributed by atoms with Gasteiger partial charge in [0, 0.05) is 23.2 Å². The zero-order chi connectivity index (χ0) is 32.8. The first-order valence-electron chi connectivity index (χ1n) is 14.1. The first-order chi connectivity index (χ1) is 21.4. The van der Waals surface area contributed by atoms with Crippen molar-refractivity contribution < 1.29 is 28.2 Å². The molecule has 0 spiro atoms. The maximum Gasteiger partial charge on any atom is 0.411 e. The molecule has 3 amide bonds. The molecule has 1 aliphatic rings. The van der Waals surface area contributed by atoms with Gasteiger partial charge in [0.1, 0.15) is 5.70 Å². The zero-order valence-electron chi connectivity index (χ0n) is 25.2. The predicted octanol–water partition coefficient (Wildman–Crippen LogP) is 5.21. The third-order valence-corrected chi connectivity index (χ3v) is 7.77. The van der Waals surface area contributed by atoms with Crippen molar-refractivity contribution in [3.8, 4) is 17.0 Å². The maximum atomic E-state index is 14.6. The largest absolute Gasteiger partial charge is 0.481 e. The first-order valence-corrected chi connectivity index (χ1v) is 14.4. The Kier molecular flexibility index (Phi) is 10.5. The van der Waals surface area contributed by atoms with Gasteiger partial charge in [0.15, 0.2) is 5.82 Å². The van der Waals surface area contributed by atoms with E-state index < -0.39 is 23.9 Å². The van der Waals surface area contributed by atoms with Crippen molar-refractivity contribution in [1.82, 2.24) is 10.3 Å². The quantitative estimate of drug-likeness (QED) is 0.138. The van der Waals surface area contributed by atoms with Gasteiger partial charge in [-0.05, 0) is 55.7 Å². The molecule has 2 heterocycles. The maximum absolute atomic E-state index is 14.6. The van der Waals surface area contributed by atoms with Gasteiger partial charge in [0.2, 0.25) is 11.8 Å². The molecule has 14 heteroatoms. The number of fused-ring (bicyclic) bond motifs is 4. The molecule has 45 heavy (non-hydrogen) atoms. The van der Waals surface area contributed by atoms with E-state index in [-0.39, 0.29) is 39.8 Å². The molecule has 2 atom stereocenters. The number of anilines is 3. The fourth-order valence-electron chi connectivity index (χ4n) is 4.81. The molecule has 2 unspecified atom stereocenters. The van der Waals surface area contributed by atoms with Crippen LogP contribution in [0.1, 0.15) is 44.8 Å². The fraction of sp³-hybridized carbons (Fsp3) is 0.290. The predicted molar refractivity (Wildman–Crippen MR) is 170 cm³/mol. The molecule has 0 saturated heterocycles. The first kappa shape index (κ1) is 33.0. The van der Waals surface area contributed by atoms with Gasteiger partial charge in [-0.15, -0.1) is 0 Å². The number of nitrogens with one attached hydrogen (secondary N) is 3. The van der Waals surface area contributed by atoms with Crippen molar-refractivity contribution in [2.75, 3.05) is 29.9 Å². The molecular weight excluding hydrogens is 605 g/mol. The number of amides is 3. The Bertz CT molecular complexity index is 1650. The van der Waals surface area contributed by atoms with E-state index in [9.17, 15) is 18.8 Å². The number of nitrogens with two attached hydrogens (primary N) is 2. The van der Waals surface area contributed by atoms with E-state index in [1.165, 1.54) is 39.3 Å². The molecule has 238 valence electrons. The van der Waals surface area contributed by atoms with Crippen LogP contribution in [0.3, 0.4) is 0 Å². The van der Waals surface area contributed by atoms with Crippen LogP contribution < -0.4 is 37.3 Å². The summed E-state index contributed by atoms with van der Waals surface area (Å²) < 4.78 is 24.8. The number of pyridine rings is 1. The third kappa shape index (κ3) is 7.62. The number of methoxy groups -OCH3 is 2. The molecule has 0 saturated carbocycles. The lowest BCUT2D eigenvalue weighted by Gasteiger charge is -2.25. The van der Waals surface area contributed by atoms with Crippen LogP contribution in [-0.4, -0.2) is 37.1 Å². The lowest BCUT2D eigenvalue weighted by molar-refractivity contribution is -0.120. The van der Waals surface area contributed by atoms with E-state index in [4.69, 9.17) is 32.7 Å². The number of nitrogens with zero attached hydrogens (tertiary/aromatic N) is 2. The fourth-order valence-corrected chi connectivity index (χ4v) is 4.98. The van der Waals surface area contributed by atoms with E-state index in [1.807, 2.05) is 0 Å². The van der Waals surface area contributed by atoms with Gasteiger partial charge in [0.25, 0.3) is 5.91 Å². The summed E-state index contributed by atoms with van der Waals surface area (Å²) in [6.45, 7) is 3.29. The summed E-state index contributed by atoms with van der Waals surface area (Å²) in [6, 6.07) is 12.2. The highest BCUT2D eigenvalue weighted by atomic mass is 35.5. The van der Waals surface area contributed by atoms with Crippen molar-refractivity contribution >= 4 is 46.6 Å². The van der Waals surface area contributed by atoms with Gasteiger partial charge < -0.3 is 25.8 Å². The molecular formula is C31H35ClFN7O5. The van der Waals surface area contributed by atoms with Gasteiger partial charge in [-0.25, -0.2) is 20.0 Å². The standard InChI is InChI=1S/C31H35ClFN7O5/c1-16-7-5-9-22(38-30(42)28(34)17(2)40(35)25-10-6-8-21(32)27(25)33)24-13-18(14-26(37-24)44-3)20-12-11-19(36-31(43)45-4)15-23(20)39-29(16)41/h6,8,10-16,22H,5,7,9,34-35H2,1-4H3,(H,36,43)(H,38,42)(H,39,41)/b28-17-.